The Bertz CT molecular complexity index is 1320. The number of carbonyl (C=O) groups is 2. The Morgan fingerprint density at radius 1 is 1.00 bits per heavy atom. The average Bonchev–Trinajstić information content (AvgIpc) is 3.16. The minimum Gasteiger partial charge on any atom is -0.503 e. The lowest BCUT2D eigenvalue weighted by Gasteiger charge is -2.27. The number of aliphatic hydroxyl groups is 1. The van der Waals surface area contributed by atoms with Crippen molar-refractivity contribution < 1.29 is 28.6 Å². The second-order valence-electron chi connectivity index (χ2n) is 8.26. The van der Waals surface area contributed by atoms with E-state index in [0.717, 1.165) is 11.1 Å². The van der Waals surface area contributed by atoms with E-state index in [4.69, 9.17) is 9.47 Å². The smallest absolute Gasteiger partial charge is 0.290 e. The molecule has 1 aliphatic rings. The number of methoxy groups -OCH3 is 2. The second-order valence-corrected chi connectivity index (χ2v) is 8.26. The van der Waals surface area contributed by atoms with Crippen molar-refractivity contribution in [3.8, 4) is 11.5 Å². The summed E-state index contributed by atoms with van der Waals surface area (Å²) in [5, 5.41) is 10.8. The molecule has 1 amide bonds. The van der Waals surface area contributed by atoms with Gasteiger partial charge in [-0.1, -0.05) is 54.6 Å². The summed E-state index contributed by atoms with van der Waals surface area (Å²) in [5.74, 6) is -1.04. The summed E-state index contributed by atoms with van der Waals surface area (Å²) in [6.45, 7) is 0.208. The van der Waals surface area contributed by atoms with Gasteiger partial charge in [0.1, 0.15) is 5.82 Å². The fourth-order valence-electron chi connectivity index (χ4n) is 4.24. The van der Waals surface area contributed by atoms with Crippen molar-refractivity contribution in [2.75, 3.05) is 20.8 Å². The molecule has 0 saturated heterocycles. The highest BCUT2D eigenvalue weighted by atomic mass is 19.1. The van der Waals surface area contributed by atoms with Gasteiger partial charge in [0.15, 0.2) is 23.0 Å². The number of rotatable bonds is 9. The van der Waals surface area contributed by atoms with Gasteiger partial charge in [-0.2, -0.15) is 0 Å². The van der Waals surface area contributed by atoms with Crippen LogP contribution in [-0.2, 0) is 16.0 Å². The first kappa shape index (κ1) is 24.7. The maximum absolute atomic E-state index is 13.6. The maximum Gasteiger partial charge on any atom is 0.290 e. The highest BCUT2D eigenvalue weighted by Gasteiger charge is 2.42. The van der Waals surface area contributed by atoms with Crippen LogP contribution in [0.15, 0.2) is 90.2 Å². The molecule has 0 fully saturated rings. The first-order valence-corrected chi connectivity index (χ1v) is 11.4. The minimum atomic E-state index is -0.855. The van der Waals surface area contributed by atoms with Gasteiger partial charge in [0.2, 0.25) is 0 Å². The largest absolute Gasteiger partial charge is 0.503 e. The van der Waals surface area contributed by atoms with Crippen molar-refractivity contribution in [3.63, 3.8) is 0 Å². The van der Waals surface area contributed by atoms with E-state index >= 15 is 0 Å². The Labute approximate surface area is 208 Å². The molecule has 0 spiro atoms. The van der Waals surface area contributed by atoms with Crippen LogP contribution in [0.5, 0.6) is 11.5 Å². The van der Waals surface area contributed by atoms with Gasteiger partial charge in [-0.3, -0.25) is 9.59 Å². The number of carbonyl (C=O) groups excluding carboxylic acids is 2. The number of benzene rings is 3. The van der Waals surface area contributed by atoms with Crippen LogP contribution in [0.4, 0.5) is 4.39 Å². The van der Waals surface area contributed by atoms with Crippen molar-refractivity contribution in [2.45, 2.75) is 12.5 Å². The third-order valence-corrected chi connectivity index (χ3v) is 6.07. The van der Waals surface area contributed by atoms with Crippen LogP contribution in [0, 0.1) is 5.82 Å². The number of allylic oxidation sites excluding steroid dienone is 1. The molecule has 1 heterocycles. The molecule has 7 heteroatoms. The van der Waals surface area contributed by atoms with E-state index in [1.807, 2.05) is 42.5 Å². The summed E-state index contributed by atoms with van der Waals surface area (Å²) in [6, 6.07) is 19.4. The van der Waals surface area contributed by atoms with Crippen molar-refractivity contribution in [1.29, 1.82) is 0 Å². The van der Waals surface area contributed by atoms with Gasteiger partial charge < -0.3 is 19.5 Å². The van der Waals surface area contributed by atoms with Gasteiger partial charge in [-0.15, -0.1) is 0 Å². The Morgan fingerprint density at radius 3 is 2.36 bits per heavy atom. The van der Waals surface area contributed by atoms with E-state index in [-0.39, 0.29) is 12.1 Å². The van der Waals surface area contributed by atoms with Gasteiger partial charge in [0.05, 0.1) is 25.8 Å². The Hall–Kier alpha value is -4.39. The van der Waals surface area contributed by atoms with Gasteiger partial charge in [0.25, 0.3) is 5.91 Å². The Morgan fingerprint density at radius 2 is 1.69 bits per heavy atom. The highest BCUT2D eigenvalue weighted by Crippen LogP contribution is 2.38. The Kier molecular flexibility index (Phi) is 7.49. The molecular weight excluding hydrogens is 461 g/mol. The minimum absolute atomic E-state index is 0.0360. The molecule has 3 aromatic rings. The molecule has 0 saturated carbocycles. The summed E-state index contributed by atoms with van der Waals surface area (Å²) < 4.78 is 24.3. The lowest BCUT2D eigenvalue weighted by molar-refractivity contribution is -0.129. The topological polar surface area (TPSA) is 76.1 Å². The summed E-state index contributed by atoms with van der Waals surface area (Å²) in [5.41, 5.74) is 2.17. The lowest BCUT2D eigenvalue weighted by Crippen LogP contribution is -2.33. The molecule has 184 valence electrons. The molecule has 1 aliphatic heterocycles. The van der Waals surface area contributed by atoms with Crippen LogP contribution in [0.25, 0.3) is 6.08 Å². The third kappa shape index (κ3) is 5.15. The van der Waals surface area contributed by atoms with Crippen LogP contribution in [0.2, 0.25) is 0 Å². The van der Waals surface area contributed by atoms with Gasteiger partial charge in [-0.25, -0.2) is 4.39 Å². The zero-order chi connectivity index (χ0) is 25.7. The predicted molar refractivity (Wildman–Crippen MR) is 134 cm³/mol. The lowest BCUT2D eigenvalue weighted by atomic mass is 9.95. The number of ketones is 1. The van der Waals surface area contributed by atoms with Crippen molar-refractivity contribution in [2.24, 2.45) is 0 Å². The highest BCUT2D eigenvalue weighted by molar-refractivity contribution is 6.14. The molecule has 0 unspecified atom stereocenters. The third-order valence-electron chi connectivity index (χ3n) is 6.07. The summed E-state index contributed by atoms with van der Waals surface area (Å²) in [7, 11) is 3.09. The molecule has 0 bridgehead atoms. The molecule has 1 atom stereocenters. The van der Waals surface area contributed by atoms with E-state index in [0.29, 0.717) is 23.5 Å². The van der Waals surface area contributed by atoms with Crippen LogP contribution >= 0.6 is 0 Å². The fourth-order valence-corrected chi connectivity index (χ4v) is 4.24. The maximum atomic E-state index is 13.6. The molecule has 1 N–H and O–H groups in total. The summed E-state index contributed by atoms with van der Waals surface area (Å²) in [6.07, 6.45) is 3.39. The van der Waals surface area contributed by atoms with E-state index in [1.165, 1.54) is 35.2 Å². The molecule has 4 rings (SSSR count). The summed E-state index contributed by atoms with van der Waals surface area (Å²) >= 11 is 0. The van der Waals surface area contributed by atoms with Crippen LogP contribution < -0.4 is 9.47 Å². The first-order chi connectivity index (χ1) is 17.4. The number of ether oxygens (including phenoxy) is 2. The van der Waals surface area contributed by atoms with Crippen LogP contribution in [-0.4, -0.2) is 42.5 Å². The molecule has 0 aliphatic carbocycles. The number of hydrogen-bond acceptors (Lipinski definition) is 5. The number of aliphatic hydroxyl groups excluding tert-OH is 1. The molecular formula is C29H26FNO5. The quantitative estimate of drug-likeness (QED) is 0.427. The van der Waals surface area contributed by atoms with Crippen LogP contribution in [0.1, 0.15) is 22.7 Å². The van der Waals surface area contributed by atoms with Gasteiger partial charge in [-0.05, 0) is 53.5 Å². The first-order valence-electron chi connectivity index (χ1n) is 11.4. The molecule has 0 aromatic heterocycles. The molecule has 0 radical (unpaired) electrons. The number of nitrogens with zero attached hydrogens (tertiary/aromatic N) is 1. The predicted octanol–water partition coefficient (Wildman–Crippen LogP) is 5.06. The monoisotopic (exact) mass is 487 g/mol. The van der Waals surface area contributed by atoms with Crippen LogP contribution in [0.3, 0.4) is 0 Å². The Balaban J connectivity index is 1.64. The van der Waals surface area contributed by atoms with Gasteiger partial charge in [0, 0.05) is 6.54 Å². The average molecular weight is 488 g/mol. The molecule has 6 nitrogen and oxygen atoms in total. The number of amides is 1. The zero-order valence-electron chi connectivity index (χ0n) is 20.0. The van der Waals surface area contributed by atoms with E-state index < -0.39 is 29.3 Å². The number of halogens is 1. The van der Waals surface area contributed by atoms with Crippen molar-refractivity contribution in [3.05, 3.63) is 113 Å². The summed E-state index contributed by atoms with van der Waals surface area (Å²) in [4.78, 5) is 27.8. The van der Waals surface area contributed by atoms with Crippen molar-refractivity contribution in [1.82, 2.24) is 4.90 Å². The van der Waals surface area contributed by atoms with Gasteiger partial charge >= 0.3 is 0 Å². The van der Waals surface area contributed by atoms with E-state index in [9.17, 15) is 19.1 Å². The second kappa shape index (κ2) is 10.9. The van der Waals surface area contributed by atoms with Crippen molar-refractivity contribution >= 4 is 17.8 Å². The molecule has 3 aromatic carbocycles. The number of hydrogen-bond donors (Lipinski definition) is 1. The van der Waals surface area contributed by atoms with E-state index in [2.05, 4.69) is 0 Å². The zero-order valence-corrected chi connectivity index (χ0v) is 20.0. The fraction of sp³-hybridized carbons (Fsp3) is 0.172. The normalized spacial score (nSPS) is 15.6. The molecule has 36 heavy (non-hydrogen) atoms. The SMILES string of the molecule is COc1ccc(CCN2C(=O)C(O)=C(C(=O)/C=C/c3ccccc3)[C@H]2c2ccc(F)cc2)cc1OC. The van der Waals surface area contributed by atoms with E-state index in [1.54, 1.807) is 26.4 Å². The standard InChI is InChI=1S/C29H26FNO5/c1-35-24-15-9-20(18-25(24)36-2)16-17-31-27(21-10-12-22(30)13-11-21)26(28(33)29(31)34)23(32)14-8-19-6-4-3-5-7-19/h3-15,18,27,33H,16-17H2,1-2H3/b14-8+/t27-/m1/s1.